The van der Waals surface area contributed by atoms with Crippen LogP contribution in [0.5, 0.6) is 0 Å². The fourth-order valence-corrected chi connectivity index (χ4v) is 3.26. The maximum atomic E-state index is 12.2. The van der Waals surface area contributed by atoms with Crippen LogP contribution in [0.4, 0.5) is 0 Å². The molecule has 4 aromatic rings. The van der Waals surface area contributed by atoms with E-state index >= 15 is 0 Å². The lowest BCUT2D eigenvalue weighted by atomic mass is 10.0. The Bertz CT molecular complexity index is 1020. The molecule has 0 aliphatic carbocycles. The van der Waals surface area contributed by atoms with E-state index in [2.05, 4.69) is 32.7 Å². The van der Waals surface area contributed by atoms with Crippen molar-refractivity contribution in [3.63, 3.8) is 0 Å². The van der Waals surface area contributed by atoms with E-state index in [1.807, 2.05) is 47.7 Å². The Hall–Kier alpha value is -3.54. The van der Waals surface area contributed by atoms with Crippen LogP contribution in [0.15, 0.2) is 79.9 Å². The molecule has 0 aliphatic rings. The maximum Gasteiger partial charge on any atom is 0.341 e. The Morgan fingerprint density at radius 3 is 2.74 bits per heavy atom. The SMILES string of the molecule is CCOC(=O)c1c[nH]cc1-n1ccc(C(c2ccccc2)n2ccnc2)c1. The molecule has 0 bridgehead atoms. The molecule has 6 heteroatoms. The van der Waals surface area contributed by atoms with Gasteiger partial charge in [0.05, 0.1) is 24.7 Å². The van der Waals surface area contributed by atoms with Gasteiger partial charge in [-0.05, 0) is 24.1 Å². The molecule has 3 aromatic heterocycles. The molecular formula is C21H20N4O2. The van der Waals surface area contributed by atoms with Crippen molar-refractivity contribution in [2.75, 3.05) is 6.61 Å². The Kier molecular flexibility index (Phi) is 4.61. The summed E-state index contributed by atoms with van der Waals surface area (Å²) in [5.74, 6) is -0.335. The van der Waals surface area contributed by atoms with Gasteiger partial charge in [-0.2, -0.15) is 0 Å². The zero-order chi connectivity index (χ0) is 18.6. The molecule has 136 valence electrons. The van der Waals surface area contributed by atoms with E-state index in [0.29, 0.717) is 12.2 Å². The van der Waals surface area contributed by atoms with Gasteiger partial charge in [0.15, 0.2) is 0 Å². The third kappa shape index (κ3) is 3.29. The Morgan fingerprint density at radius 2 is 2.00 bits per heavy atom. The molecule has 1 N–H and O–H groups in total. The van der Waals surface area contributed by atoms with Crippen LogP contribution >= 0.6 is 0 Å². The molecule has 27 heavy (non-hydrogen) atoms. The van der Waals surface area contributed by atoms with Crippen LogP contribution in [0.2, 0.25) is 0 Å². The Morgan fingerprint density at radius 1 is 1.15 bits per heavy atom. The van der Waals surface area contributed by atoms with Gasteiger partial charge in [-0.1, -0.05) is 30.3 Å². The molecule has 0 aliphatic heterocycles. The lowest BCUT2D eigenvalue weighted by Crippen LogP contribution is -2.10. The van der Waals surface area contributed by atoms with E-state index in [0.717, 1.165) is 16.8 Å². The van der Waals surface area contributed by atoms with Gasteiger partial charge >= 0.3 is 5.97 Å². The lowest BCUT2D eigenvalue weighted by molar-refractivity contribution is 0.0526. The molecular weight excluding hydrogens is 340 g/mol. The van der Waals surface area contributed by atoms with Crippen LogP contribution in [-0.4, -0.2) is 31.7 Å². The summed E-state index contributed by atoms with van der Waals surface area (Å²) in [6, 6.07) is 12.3. The number of ether oxygens (including phenoxy) is 1. The maximum absolute atomic E-state index is 12.2. The van der Waals surface area contributed by atoms with E-state index in [4.69, 9.17) is 4.74 Å². The van der Waals surface area contributed by atoms with Crippen LogP contribution in [0.3, 0.4) is 0 Å². The minimum atomic E-state index is -0.335. The number of benzene rings is 1. The van der Waals surface area contributed by atoms with Crippen molar-refractivity contribution in [3.8, 4) is 5.69 Å². The average Bonchev–Trinajstić information content (AvgIpc) is 3.45. The summed E-state index contributed by atoms with van der Waals surface area (Å²) in [5, 5.41) is 0. The standard InChI is InChI=1S/C21H20N4O2/c1-2-27-21(26)18-12-23-13-19(18)24-10-8-17(14-24)20(25-11-9-22-15-25)16-6-4-3-5-7-16/h3-15,20,23H,2H2,1H3. The van der Waals surface area contributed by atoms with Gasteiger partial charge < -0.3 is 18.9 Å². The number of hydrogen-bond acceptors (Lipinski definition) is 3. The number of nitrogens with zero attached hydrogens (tertiary/aromatic N) is 3. The topological polar surface area (TPSA) is 64.8 Å². The number of carbonyl (C=O) groups is 1. The summed E-state index contributed by atoms with van der Waals surface area (Å²) in [5.41, 5.74) is 3.53. The van der Waals surface area contributed by atoms with Crippen LogP contribution in [-0.2, 0) is 4.74 Å². The van der Waals surface area contributed by atoms with Crippen LogP contribution in [0.1, 0.15) is 34.5 Å². The number of imidazole rings is 1. The van der Waals surface area contributed by atoms with E-state index in [1.165, 1.54) is 0 Å². The van der Waals surface area contributed by atoms with Crippen molar-refractivity contribution in [1.82, 2.24) is 19.1 Å². The fraction of sp³-hybridized carbons (Fsp3) is 0.143. The lowest BCUT2D eigenvalue weighted by Gasteiger charge is -2.18. The van der Waals surface area contributed by atoms with E-state index < -0.39 is 0 Å². The number of aromatic amines is 1. The molecule has 0 amide bonds. The monoisotopic (exact) mass is 360 g/mol. The normalized spacial score (nSPS) is 12.0. The molecule has 3 heterocycles. The van der Waals surface area contributed by atoms with Crippen molar-refractivity contribution in [2.45, 2.75) is 13.0 Å². The highest BCUT2D eigenvalue weighted by Gasteiger charge is 2.19. The van der Waals surface area contributed by atoms with Gasteiger partial charge in [-0.25, -0.2) is 9.78 Å². The van der Waals surface area contributed by atoms with Gasteiger partial charge in [0.2, 0.25) is 0 Å². The van der Waals surface area contributed by atoms with Crippen molar-refractivity contribution in [1.29, 1.82) is 0 Å². The summed E-state index contributed by atoms with van der Waals surface area (Å²) in [4.78, 5) is 19.4. The first-order valence-electron chi connectivity index (χ1n) is 8.82. The molecule has 1 unspecified atom stereocenters. The molecule has 0 radical (unpaired) electrons. The predicted octanol–water partition coefficient (Wildman–Crippen LogP) is 3.82. The first kappa shape index (κ1) is 16.9. The van der Waals surface area contributed by atoms with Crippen LogP contribution in [0, 0.1) is 0 Å². The molecule has 0 spiro atoms. The van der Waals surface area contributed by atoms with Gasteiger partial charge in [-0.3, -0.25) is 0 Å². The van der Waals surface area contributed by atoms with Gasteiger partial charge in [0.25, 0.3) is 0 Å². The first-order chi connectivity index (χ1) is 13.3. The highest BCUT2D eigenvalue weighted by molar-refractivity contribution is 5.93. The second-order valence-electron chi connectivity index (χ2n) is 6.15. The largest absolute Gasteiger partial charge is 0.462 e. The number of aromatic nitrogens is 4. The number of H-pyrrole nitrogens is 1. The van der Waals surface area contributed by atoms with Crippen LogP contribution in [0.25, 0.3) is 5.69 Å². The molecule has 6 nitrogen and oxygen atoms in total. The van der Waals surface area contributed by atoms with E-state index in [-0.39, 0.29) is 12.0 Å². The first-order valence-corrected chi connectivity index (χ1v) is 8.82. The second kappa shape index (κ2) is 7.37. The zero-order valence-electron chi connectivity index (χ0n) is 14.9. The zero-order valence-corrected chi connectivity index (χ0v) is 14.9. The third-order valence-corrected chi connectivity index (χ3v) is 4.47. The second-order valence-corrected chi connectivity index (χ2v) is 6.15. The average molecular weight is 360 g/mol. The predicted molar refractivity (Wildman–Crippen MR) is 102 cm³/mol. The van der Waals surface area contributed by atoms with Crippen molar-refractivity contribution >= 4 is 5.97 Å². The summed E-state index contributed by atoms with van der Waals surface area (Å²) in [6.07, 6.45) is 13.0. The number of rotatable bonds is 6. The van der Waals surface area contributed by atoms with Crippen molar-refractivity contribution in [2.24, 2.45) is 0 Å². The minimum Gasteiger partial charge on any atom is -0.462 e. The molecule has 0 saturated heterocycles. The number of carbonyl (C=O) groups excluding carboxylic acids is 1. The van der Waals surface area contributed by atoms with Gasteiger partial charge in [0.1, 0.15) is 5.56 Å². The number of hydrogen-bond donors (Lipinski definition) is 1. The number of nitrogens with one attached hydrogen (secondary N) is 1. The minimum absolute atomic E-state index is 0.0000600. The fourth-order valence-electron chi connectivity index (χ4n) is 3.26. The van der Waals surface area contributed by atoms with Crippen LogP contribution < -0.4 is 0 Å². The van der Waals surface area contributed by atoms with Gasteiger partial charge in [0, 0.05) is 37.2 Å². The summed E-state index contributed by atoms with van der Waals surface area (Å²) in [7, 11) is 0. The third-order valence-electron chi connectivity index (χ3n) is 4.47. The summed E-state index contributed by atoms with van der Waals surface area (Å²) < 4.78 is 9.15. The Balaban J connectivity index is 1.73. The summed E-state index contributed by atoms with van der Waals surface area (Å²) in [6.45, 7) is 2.14. The highest BCUT2D eigenvalue weighted by atomic mass is 16.5. The van der Waals surface area contributed by atoms with E-state index in [9.17, 15) is 4.79 Å². The highest BCUT2D eigenvalue weighted by Crippen LogP contribution is 2.28. The molecule has 1 atom stereocenters. The smallest absolute Gasteiger partial charge is 0.341 e. The molecule has 0 saturated carbocycles. The molecule has 1 aromatic carbocycles. The quantitative estimate of drug-likeness (QED) is 0.532. The van der Waals surface area contributed by atoms with Gasteiger partial charge in [-0.15, -0.1) is 0 Å². The van der Waals surface area contributed by atoms with Crippen molar-refractivity contribution in [3.05, 3.63) is 96.6 Å². The molecule has 4 rings (SSSR count). The number of esters is 1. The Labute approximate surface area is 157 Å². The molecule has 0 fully saturated rings. The van der Waals surface area contributed by atoms with Crippen molar-refractivity contribution < 1.29 is 9.53 Å². The van der Waals surface area contributed by atoms with E-state index in [1.54, 1.807) is 25.5 Å². The summed E-state index contributed by atoms with van der Waals surface area (Å²) >= 11 is 0.